The van der Waals surface area contributed by atoms with Crippen molar-refractivity contribution < 1.29 is 4.79 Å². The first-order valence-electron chi connectivity index (χ1n) is 11.6. The number of carbonyl (C=O) groups excluding carboxylic acids is 1. The lowest BCUT2D eigenvalue weighted by Gasteiger charge is -2.37. The summed E-state index contributed by atoms with van der Waals surface area (Å²) in [6.07, 6.45) is 6.14. The average Bonchev–Trinajstić information content (AvgIpc) is 2.84. The Hall–Kier alpha value is -3.55. The number of primary amides is 1. The number of nitrogens with zero attached hydrogens (tertiary/aromatic N) is 6. The smallest absolute Gasteiger partial charge is 0.220 e. The van der Waals surface area contributed by atoms with E-state index in [1.165, 1.54) is 0 Å². The number of aromatic nitrogens is 4. The molecule has 2 N–H and O–H groups in total. The van der Waals surface area contributed by atoms with Crippen LogP contribution in [0.1, 0.15) is 42.8 Å². The molecule has 0 saturated carbocycles. The summed E-state index contributed by atoms with van der Waals surface area (Å²) in [5.74, 6) is 1.44. The van der Waals surface area contributed by atoms with Crippen molar-refractivity contribution >= 4 is 17.4 Å². The Morgan fingerprint density at radius 3 is 2.64 bits per heavy atom. The molecular weight excluding hydrogens is 414 g/mol. The number of pyridine rings is 2. The van der Waals surface area contributed by atoms with Gasteiger partial charge >= 0.3 is 0 Å². The van der Waals surface area contributed by atoms with E-state index in [0.717, 1.165) is 73.0 Å². The van der Waals surface area contributed by atoms with E-state index < -0.39 is 0 Å². The van der Waals surface area contributed by atoms with Crippen LogP contribution in [0.15, 0.2) is 42.7 Å². The molecule has 8 nitrogen and oxygen atoms in total. The maximum atomic E-state index is 11.5. The molecule has 8 heteroatoms. The zero-order valence-electron chi connectivity index (χ0n) is 19.1. The Balaban J connectivity index is 1.38. The minimum absolute atomic E-state index is 0.0155. The standard InChI is InChI=1S/C25H29N7O/c1-16-13-19(31-10-6-18(7-11-31)24(26)33)14-23(29-16)32-12-8-21-20(17(32)2)15-28-25(30-21)22-5-3-4-9-27-22/h3-5,9,13-15,17-18H,6-8,10-12H2,1-2H3,(H2,26,33). The SMILES string of the molecule is Cc1cc(N2CCC(C(N)=O)CC2)cc(N2CCc3nc(-c4ccccn4)ncc3C2C)n1. The molecule has 5 rings (SSSR count). The van der Waals surface area contributed by atoms with E-state index >= 15 is 0 Å². The van der Waals surface area contributed by atoms with Crippen LogP contribution in [0.3, 0.4) is 0 Å². The van der Waals surface area contributed by atoms with Crippen molar-refractivity contribution in [2.75, 3.05) is 29.4 Å². The van der Waals surface area contributed by atoms with Crippen molar-refractivity contribution in [1.82, 2.24) is 19.9 Å². The molecule has 3 aromatic rings. The van der Waals surface area contributed by atoms with E-state index in [0.29, 0.717) is 5.82 Å². The van der Waals surface area contributed by atoms with Gasteiger partial charge in [0.05, 0.1) is 11.7 Å². The molecule has 1 unspecified atom stereocenters. The van der Waals surface area contributed by atoms with Crippen LogP contribution in [0.2, 0.25) is 0 Å². The molecule has 1 amide bonds. The van der Waals surface area contributed by atoms with Gasteiger partial charge in [0.2, 0.25) is 5.91 Å². The van der Waals surface area contributed by atoms with Crippen LogP contribution in [0.4, 0.5) is 11.5 Å². The minimum atomic E-state index is -0.185. The Labute approximate surface area is 193 Å². The van der Waals surface area contributed by atoms with E-state index in [2.05, 4.69) is 38.8 Å². The van der Waals surface area contributed by atoms with Crippen LogP contribution in [0, 0.1) is 12.8 Å². The molecule has 0 spiro atoms. The second-order valence-corrected chi connectivity index (χ2v) is 8.92. The first kappa shape index (κ1) is 21.3. The van der Waals surface area contributed by atoms with Crippen LogP contribution in [-0.4, -0.2) is 45.5 Å². The van der Waals surface area contributed by atoms with E-state index in [1.54, 1.807) is 6.20 Å². The molecular formula is C25H29N7O. The van der Waals surface area contributed by atoms with Gasteiger partial charge in [0.25, 0.3) is 0 Å². The lowest BCUT2D eigenvalue weighted by Crippen LogP contribution is -2.39. The molecule has 0 radical (unpaired) electrons. The Morgan fingerprint density at radius 2 is 1.91 bits per heavy atom. The highest BCUT2D eigenvalue weighted by Gasteiger charge is 2.28. The fraction of sp³-hybridized carbons (Fsp3) is 0.400. The Bertz CT molecular complexity index is 1160. The topological polar surface area (TPSA) is 101 Å². The first-order valence-corrected chi connectivity index (χ1v) is 11.6. The maximum Gasteiger partial charge on any atom is 0.220 e. The van der Waals surface area contributed by atoms with Gasteiger partial charge in [-0.05, 0) is 44.9 Å². The summed E-state index contributed by atoms with van der Waals surface area (Å²) in [5, 5.41) is 0. The number of nitrogens with two attached hydrogens (primary N) is 1. The molecule has 0 aromatic carbocycles. The van der Waals surface area contributed by atoms with Gasteiger partial charge in [-0.15, -0.1) is 0 Å². The summed E-state index contributed by atoms with van der Waals surface area (Å²) in [7, 11) is 0. The number of anilines is 2. The lowest BCUT2D eigenvalue weighted by molar-refractivity contribution is -0.122. The zero-order valence-corrected chi connectivity index (χ0v) is 19.1. The Morgan fingerprint density at radius 1 is 1.09 bits per heavy atom. The van der Waals surface area contributed by atoms with Crippen molar-refractivity contribution in [3.05, 3.63) is 59.7 Å². The van der Waals surface area contributed by atoms with E-state index in [-0.39, 0.29) is 17.9 Å². The predicted molar refractivity (Wildman–Crippen MR) is 128 cm³/mol. The summed E-state index contributed by atoms with van der Waals surface area (Å²) in [6, 6.07) is 10.2. The molecule has 170 valence electrons. The van der Waals surface area contributed by atoms with Gasteiger partial charge < -0.3 is 15.5 Å². The largest absolute Gasteiger partial charge is 0.371 e. The number of hydrogen-bond acceptors (Lipinski definition) is 7. The lowest BCUT2D eigenvalue weighted by atomic mass is 9.96. The second kappa shape index (κ2) is 8.77. The Kier molecular flexibility index (Phi) is 5.66. The number of carbonyl (C=O) groups is 1. The number of aryl methyl sites for hydroxylation is 1. The minimum Gasteiger partial charge on any atom is -0.371 e. The number of fused-ring (bicyclic) bond motifs is 1. The molecule has 2 aliphatic heterocycles. The van der Waals surface area contributed by atoms with Crippen LogP contribution in [0.5, 0.6) is 0 Å². The molecule has 33 heavy (non-hydrogen) atoms. The molecule has 1 saturated heterocycles. The quantitative estimate of drug-likeness (QED) is 0.661. The average molecular weight is 444 g/mol. The van der Waals surface area contributed by atoms with E-state index in [9.17, 15) is 4.79 Å². The summed E-state index contributed by atoms with van der Waals surface area (Å²) in [5.41, 5.74) is 10.6. The van der Waals surface area contributed by atoms with Crippen molar-refractivity contribution in [2.24, 2.45) is 11.7 Å². The van der Waals surface area contributed by atoms with Gasteiger partial charge in [-0.2, -0.15) is 0 Å². The number of rotatable bonds is 4. The molecule has 0 bridgehead atoms. The number of amides is 1. The van der Waals surface area contributed by atoms with Gasteiger partial charge in [0.15, 0.2) is 5.82 Å². The van der Waals surface area contributed by atoms with Gasteiger partial charge in [-0.3, -0.25) is 9.78 Å². The molecule has 0 aliphatic carbocycles. The van der Waals surface area contributed by atoms with Gasteiger partial charge in [-0.1, -0.05) is 6.07 Å². The van der Waals surface area contributed by atoms with Crippen molar-refractivity contribution in [2.45, 2.75) is 39.2 Å². The first-order chi connectivity index (χ1) is 16.0. The van der Waals surface area contributed by atoms with Crippen LogP contribution in [0.25, 0.3) is 11.5 Å². The highest BCUT2D eigenvalue weighted by molar-refractivity contribution is 5.77. The highest BCUT2D eigenvalue weighted by Crippen LogP contribution is 2.34. The number of piperidine rings is 1. The number of hydrogen-bond donors (Lipinski definition) is 1. The summed E-state index contributed by atoms with van der Waals surface area (Å²) < 4.78 is 0. The molecule has 1 atom stereocenters. The normalized spacial score (nSPS) is 18.8. The summed E-state index contributed by atoms with van der Waals surface area (Å²) >= 11 is 0. The molecule has 3 aromatic heterocycles. The maximum absolute atomic E-state index is 11.5. The van der Waals surface area contributed by atoms with Crippen molar-refractivity contribution in [3.8, 4) is 11.5 Å². The van der Waals surface area contributed by atoms with Crippen LogP contribution >= 0.6 is 0 Å². The monoisotopic (exact) mass is 443 g/mol. The summed E-state index contributed by atoms with van der Waals surface area (Å²) in [4.78, 5) is 34.9. The molecule has 5 heterocycles. The zero-order chi connectivity index (χ0) is 22.9. The van der Waals surface area contributed by atoms with Crippen molar-refractivity contribution in [1.29, 1.82) is 0 Å². The second-order valence-electron chi connectivity index (χ2n) is 8.92. The van der Waals surface area contributed by atoms with Crippen LogP contribution in [-0.2, 0) is 11.2 Å². The van der Waals surface area contributed by atoms with E-state index in [1.807, 2.05) is 31.3 Å². The fourth-order valence-electron chi connectivity index (χ4n) is 4.88. The van der Waals surface area contributed by atoms with Crippen LogP contribution < -0.4 is 15.5 Å². The van der Waals surface area contributed by atoms with Crippen molar-refractivity contribution in [3.63, 3.8) is 0 Å². The molecule has 2 aliphatic rings. The predicted octanol–water partition coefficient (Wildman–Crippen LogP) is 3.07. The third kappa shape index (κ3) is 4.25. The molecule has 1 fully saturated rings. The van der Waals surface area contributed by atoms with Gasteiger partial charge in [0.1, 0.15) is 11.5 Å². The summed E-state index contributed by atoms with van der Waals surface area (Å²) in [6.45, 7) is 6.72. The fourth-order valence-corrected chi connectivity index (χ4v) is 4.88. The van der Waals surface area contributed by atoms with Gasteiger partial charge in [0, 0.05) is 67.4 Å². The van der Waals surface area contributed by atoms with E-state index in [4.69, 9.17) is 15.7 Å². The highest BCUT2D eigenvalue weighted by atomic mass is 16.1. The van der Waals surface area contributed by atoms with Gasteiger partial charge in [-0.25, -0.2) is 15.0 Å². The third-order valence-corrected chi connectivity index (χ3v) is 6.78. The third-order valence-electron chi connectivity index (χ3n) is 6.78.